The van der Waals surface area contributed by atoms with Crippen molar-refractivity contribution in [1.82, 2.24) is 4.98 Å². The Morgan fingerprint density at radius 1 is 1.54 bits per heavy atom. The lowest BCUT2D eigenvalue weighted by atomic mass is 9.99. The van der Waals surface area contributed by atoms with Gasteiger partial charge in [0, 0.05) is 21.4 Å². The molecule has 2 unspecified atom stereocenters. The topological polar surface area (TPSA) is 12.9 Å². The summed E-state index contributed by atoms with van der Waals surface area (Å²) >= 11 is 7.13. The van der Waals surface area contributed by atoms with E-state index in [-0.39, 0.29) is 0 Å². The molecule has 0 amide bonds. The van der Waals surface area contributed by atoms with E-state index in [9.17, 15) is 0 Å². The first-order valence-corrected chi connectivity index (χ1v) is 6.12. The van der Waals surface area contributed by atoms with Crippen molar-refractivity contribution in [3.05, 3.63) is 28.5 Å². The minimum absolute atomic E-state index is 0.462. The Kier molecular flexibility index (Phi) is 4.39. The van der Waals surface area contributed by atoms with E-state index in [0.717, 1.165) is 16.6 Å². The van der Waals surface area contributed by atoms with Gasteiger partial charge >= 0.3 is 0 Å². The van der Waals surface area contributed by atoms with Gasteiger partial charge in [-0.1, -0.05) is 29.8 Å². The minimum Gasteiger partial charge on any atom is -0.260 e. The van der Waals surface area contributed by atoms with Crippen LogP contribution in [-0.4, -0.2) is 9.81 Å². The van der Waals surface area contributed by atoms with Crippen molar-refractivity contribution in [3.8, 4) is 0 Å². The zero-order valence-electron chi connectivity index (χ0n) is 7.80. The van der Waals surface area contributed by atoms with Crippen LogP contribution in [0.2, 0.25) is 0 Å². The molecule has 0 fully saturated rings. The van der Waals surface area contributed by atoms with Crippen LogP contribution in [0.1, 0.15) is 31.9 Å². The Hall–Kier alpha value is 0.110. The number of halogens is 2. The summed E-state index contributed by atoms with van der Waals surface area (Å²) < 4.78 is 1.10. The molecule has 1 aromatic rings. The first-order chi connectivity index (χ1) is 6.16. The molecule has 3 heteroatoms. The van der Waals surface area contributed by atoms with E-state index in [1.807, 2.05) is 18.3 Å². The predicted molar refractivity (Wildman–Crippen MR) is 63.4 cm³/mol. The summed E-state index contributed by atoms with van der Waals surface area (Å²) in [4.78, 5) is 4.86. The van der Waals surface area contributed by atoms with Crippen LogP contribution in [0, 0.1) is 0 Å². The molecule has 72 valence electrons. The molecule has 0 aliphatic heterocycles. The number of rotatable bonds is 3. The molecular weight excluding hydrogens is 294 g/mol. The van der Waals surface area contributed by atoms with Crippen LogP contribution in [-0.2, 0) is 0 Å². The van der Waals surface area contributed by atoms with E-state index >= 15 is 0 Å². The molecular formula is C10H13Br2N. The Balaban J connectivity index is 2.97. The summed E-state index contributed by atoms with van der Waals surface area (Å²) in [5, 5.41) is 0. The van der Waals surface area contributed by atoms with Crippen molar-refractivity contribution in [2.24, 2.45) is 0 Å². The van der Waals surface area contributed by atoms with Crippen LogP contribution >= 0.6 is 31.9 Å². The summed E-state index contributed by atoms with van der Waals surface area (Å²) in [7, 11) is 0. The second-order valence-corrected chi connectivity index (χ2v) is 5.36. The third kappa shape index (κ3) is 2.78. The fourth-order valence-electron chi connectivity index (χ4n) is 1.41. The Morgan fingerprint density at radius 2 is 2.23 bits per heavy atom. The van der Waals surface area contributed by atoms with Crippen molar-refractivity contribution in [1.29, 1.82) is 0 Å². The molecule has 1 nitrogen and oxygen atoms in total. The van der Waals surface area contributed by atoms with Crippen LogP contribution in [0.25, 0.3) is 0 Å². The van der Waals surface area contributed by atoms with E-state index < -0.39 is 0 Å². The van der Waals surface area contributed by atoms with Crippen molar-refractivity contribution in [2.75, 3.05) is 0 Å². The molecule has 0 radical (unpaired) electrons. The molecule has 0 N–H and O–H groups in total. The lowest BCUT2D eigenvalue weighted by Gasteiger charge is -2.17. The molecule has 0 saturated heterocycles. The average molecular weight is 307 g/mol. The smallest absolute Gasteiger partial charge is 0.0587 e. The van der Waals surface area contributed by atoms with Crippen LogP contribution < -0.4 is 0 Å². The number of pyridine rings is 1. The number of aromatic nitrogens is 1. The van der Waals surface area contributed by atoms with Gasteiger partial charge in [0.2, 0.25) is 0 Å². The van der Waals surface area contributed by atoms with Gasteiger partial charge in [0.1, 0.15) is 0 Å². The first-order valence-electron chi connectivity index (χ1n) is 4.41. The predicted octanol–water partition coefficient (Wildman–Crippen LogP) is 4.12. The Morgan fingerprint density at radius 3 is 2.69 bits per heavy atom. The fraction of sp³-hybridized carbons (Fsp3) is 0.500. The van der Waals surface area contributed by atoms with E-state index in [0.29, 0.717) is 10.7 Å². The van der Waals surface area contributed by atoms with Crippen LogP contribution in [0.4, 0.5) is 0 Å². The maximum atomic E-state index is 4.39. The zero-order valence-corrected chi connectivity index (χ0v) is 11.0. The lowest BCUT2D eigenvalue weighted by molar-refractivity contribution is 0.640. The van der Waals surface area contributed by atoms with E-state index in [1.165, 1.54) is 0 Å². The van der Waals surface area contributed by atoms with Gasteiger partial charge in [-0.2, -0.15) is 0 Å². The monoisotopic (exact) mass is 305 g/mol. The molecule has 1 heterocycles. The summed E-state index contributed by atoms with van der Waals surface area (Å²) in [6, 6.07) is 3.99. The first kappa shape index (κ1) is 11.2. The standard InChI is InChI=1S/C10H13Br2N/c1-3-8(7(2)11)10-9(12)5-4-6-13-10/h4-8H,3H2,1-2H3. The van der Waals surface area contributed by atoms with E-state index in [1.54, 1.807) is 0 Å². The van der Waals surface area contributed by atoms with Crippen molar-refractivity contribution in [2.45, 2.75) is 31.0 Å². The van der Waals surface area contributed by atoms with Crippen LogP contribution in [0.15, 0.2) is 22.8 Å². The van der Waals surface area contributed by atoms with Crippen molar-refractivity contribution >= 4 is 31.9 Å². The highest BCUT2D eigenvalue weighted by atomic mass is 79.9. The molecule has 0 spiro atoms. The molecule has 0 bridgehead atoms. The maximum absolute atomic E-state index is 4.39. The SMILES string of the molecule is CCC(c1ncccc1Br)C(C)Br. The molecule has 0 saturated carbocycles. The molecule has 1 rings (SSSR count). The van der Waals surface area contributed by atoms with E-state index in [2.05, 4.69) is 50.7 Å². The number of hydrogen-bond acceptors (Lipinski definition) is 1. The molecule has 0 aliphatic carbocycles. The molecule has 1 aromatic heterocycles. The van der Waals surface area contributed by atoms with Gasteiger partial charge in [-0.25, -0.2) is 0 Å². The molecule has 2 atom stereocenters. The maximum Gasteiger partial charge on any atom is 0.0587 e. The fourth-order valence-corrected chi connectivity index (χ4v) is 2.58. The lowest BCUT2D eigenvalue weighted by Crippen LogP contribution is -2.10. The van der Waals surface area contributed by atoms with Crippen LogP contribution in [0.5, 0.6) is 0 Å². The molecule has 0 aromatic carbocycles. The summed E-state index contributed by atoms with van der Waals surface area (Å²) in [6.45, 7) is 4.35. The van der Waals surface area contributed by atoms with Gasteiger partial charge in [-0.15, -0.1) is 0 Å². The molecule has 13 heavy (non-hydrogen) atoms. The number of hydrogen-bond donors (Lipinski definition) is 0. The highest BCUT2D eigenvalue weighted by molar-refractivity contribution is 9.10. The highest BCUT2D eigenvalue weighted by Gasteiger charge is 2.18. The number of alkyl halides is 1. The van der Waals surface area contributed by atoms with Crippen molar-refractivity contribution < 1.29 is 0 Å². The van der Waals surface area contributed by atoms with Gasteiger partial charge in [0.05, 0.1) is 5.69 Å². The van der Waals surface area contributed by atoms with Gasteiger partial charge in [-0.05, 0) is 34.5 Å². The molecule has 0 aliphatic rings. The second kappa shape index (κ2) is 5.11. The third-order valence-electron chi connectivity index (χ3n) is 2.13. The van der Waals surface area contributed by atoms with Gasteiger partial charge in [-0.3, -0.25) is 4.98 Å². The number of nitrogens with zero attached hydrogens (tertiary/aromatic N) is 1. The van der Waals surface area contributed by atoms with Crippen LogP contribution in [0.3, 0.4) is 0 Å². The zero-order chi connectivity index (χ0) is 9.84. The Bertz CT molecular complexity index is 273. The minimum atomic E-state index is 0.462. The highest BCUT2D eigenvalue weighted by Crippen LogP contribution is 2.31. The van der Waals surface area contributed by atoms with Gasteiger partial charge < -0.3 is 0 Å². The van der Waals surface area contributed by atoms with E-state index in [4.69, 9.17) is 0 Å². The second-order valence-electron chi connectivity index (χ2n) is 3.06. The largest absolute Gasteiger partial charge is 0.260 e. The quantitative estimate of drug-likeness (QED) is 0.766. The summed E-state index contributed by atoms with van der Waals surface area (Å²) in [6.07, 6.45) is 2.94. The normalized spacial score (nSPS) is 15.4. The summed E-state index contributed by atoms with van der Waals surface area (Å²) in [5.41, 5.74) is 1.15. The Labute approximate surface area is 96.2 Å². The van der Waals surface area contributed by atoms with Crippen molar-refractivity contribution in [3.63, 3.8) is 0 Å². The van der Waals surface area contributed by atoms with Gasteiger partial charge in [0.25, 0.3) is 0 Å². The third-order valence-corrected chi connectivity index (χ3v) is 3.44. The average Bonchev–Trinajstić information content (AvgIpc) is 2.09. The van der Waals surface area contributed by atoms with Gasteiger partial charge in [0.15, 0.2) is 0 Å². The summed E-state index contributed by atoms with van der Waals surface area (Å²) in [5.74, 6) is 0.482.